The average Bonchev–Trinajstić information content (AvgIpc) is 2.81. The van der Waals surface area contributed by atoms with Crippen LogP contribution in [0.1, 0.15) is 41.1 Å². The topological polar surface area (TPSA) is 50.8 Å². The Morgan fingerprint density at radius 1 is 0.968 bits per heavy atom. The third kappa shape index (κ3) is 5.00. The van der Waals surface area contributed by atoms with Crippen LogP contribution in [0.3, 0.4) is 0 Å². The highest BCUT2D eigenvalue weighted by Gasteiger charge is 2.42. The summed E-state index contributed by atoms with van der Waals surface area (Å²) in [5.41, 5.74) is 4.25. The van der Waals surface area contributed by atoms with Crippen molar-refractivity contribution in [3.05, 3.63) is 70.8 Å². The number of ether oxygens (including phenoxy) is 2. The number of rotatable bonds is 6. The van der Waals surface area contributed by atoms with Crippen molar-refractivity contribution in [2.45, 2.75) is 38.1 Å². The maximum Gasteiger partial charge on any atom is 0.230 e. The van der Waals surface area contributed by atoms with E-state index < -0.39 is 5.41 Å². The molecule has 166 valence electrons. The Labute approximate surface area is 185 Å². The molecule has 2 aliphatic rings. The van der Waals surface area contributed by atoms with E-state index in [1.807, 2.05) is 0 Å². The lowest BCUT2D eigenvalue weighted by Gasteiger charge is -2.38. The minimum atomic E-state index is -0.521. The van der Waals surface area contributed by atoms with Gasteiger partial charge in [-0.05, 0) is 37.8 Å². The molecule has 1 atom stereocenters. The predicted octanol–water partition coefficient (Wildman–Crippen LogP) is 3.54. The number of amides is 1. The first-order valence-electron chi connectivity index (χ1n) is 11.4. The van der Waals surface area contributed by atoms with Crippen LogP contribution < -0.4 is 5.32 Å². The zero-order chi connectivity index (χ0) is 21.7. The SMILES string of the molecule is Cc1ccc([C@@H](CNC(=O)C2(c3cccc(C)c3)CCOCC2)N2CCOCC2)cc1. The van der Waals surface area contributed by atoms with Crippen LogP contribution in [-0.2, 0) is 19.7 Å². The number of aryl methyl sites for hydroxylation is 2. The highest BCUT2D eigenvalue weighted by molar-refractivity contribution is 5.88. The average molecular weight is 423 g/mol. The molecule has 2 heterocycles. The highest BCUT2D eigenvalue weighted by Crippen LogP contribution is 2.36. The predicted molar refractivity (Wildman–Crippen MR) is 122 cm³/mol. The molecule has 0 aromatic heterocycles. The van der Waals surface area contributed by atoms with Crippen LogP contribution in [0.15, 0.2) is 48.5 Å². The second-order valence-corrected chi connectivity index (χ2v) is 8.85. The van der Waals surface area contributed by atoms with Crippen molar-refractivity contribution in [3.8, 4) is 0 Å². The van der Waals surface area contributed by atoms with E-state index in [0.717, 1.165) is 44.7 Å². The van der Waals surface area contributed by atoms with E-state index in [9.17, 15) is 4.79 Å². The summed E-state index contributed by atoms with van der Waals surface area (Å²) in [5.74, 6) is 0.117. The van der Waals surface area contributed by atoms with E-state index in [4.69, 9.17) is 9.47 Å². The summed E-state index contributed by atoms with van der Waals surface area (Å²) in [4.78, 5) is 16.1. The molecule has 5 heteroatoms. The van der Waals surface area contributed by atoms with Crippen LogP contribution in [-0.4, -0.2) is 56.9 Å². The molecule has 2 aromatic carbocycles. The maximum absolute atomic E-state index is 13.7. The normalized spacial score (nSPS) is 20.2. The Kier molecular flexibility index (Phi) is 7.06. The summed E-state index contributed by atoms with van der Waals surface area (Å²) < 4.78 is 11.2. The van der Waals surface area contributed by atoms with Crippen molar-refractivity contribution in [1.29, 1.82) is 0 Å². The minimum absolute atomic E-state index is 0.117. The quantitative estimate of drug-likeness (QED) is 0.774. The second kappa shape index (κ2) is 9.94. The van der Waals surface area contributed by atoms with E-state index >= 15 is 0 Å². The largest absolute Gasteiger partial charge is 0.381 e. The van der Waals surface area contributed by atoms with Crippen molar-refractivity contribution in [1.82, 2.24) is 10.2 Å². The molecule has 0 unspecified atom stereocenters. The second-order valence-electron chi connectivity index (χ2n) is 8.85. The van der Waals surface area contributed by atoms with Gasteiger partial charge in [-0.1, -0.05) is 59.7 Å². The summed E-state index contributed by atoms with van der Waals surface area (Å²) in [6.07, 6.45) is 1.43. The van der Waals surface area contributed by atoms with Crippen LogP contribution in [0.5, 0.6) is 0 Å². The summed E-state index contributed by atoms with van der Waals surface area (Å²) in [6.45, 7) is 9.25. The fourth-order valence-corrected chi connectivity index (χ4v) is 4.80. The molecule has 31 heavy (non-hydrogen) atoms. The molecular formula is C26H34N2O3. The Hall–Kier alpha value is -2.21. The first kappa shape index (κ1) is 22.0. The first-order chi connectivity index (χ1) is 15.1. The lowest BCUT2D eigenvalue weighted by Crippen LogP contribution is -2.51. The Balaban J connectivity index is 1.55. The van der Waals surface area contributed by atoms with Gasteiger partial charge in [0.15, 0.2) is 0 Å². The number of nitrogens with zero attached hydrogens (tertiary/aromatic N) is 1. The van der Waals surface area contributed by atoms with Crippen LogP contribution in [0.25, 0.3) is 0 Å². The molecule has 2 aliphatic heterocycles. The van der Waals surface area contributed by atoms with Crippen molar-refractivity contribution in [2.75, 3.05) is 46.1 Å². The summed E-state index contributed by atoms with van der Waals surface area (Å²) in [6, 6.07) is 17.2. The van der Waals surface area contributed by atoms with Gasteiger partial charge in [0.2, 0.25) is 5.91 Å². The third-order valence-corrected chi connectivity index (χ3v) is 6.76. The number of carbonyl (C=O) groups is 1. The molecule has 0 radical (unpaired) electrons. The molecule has 0 saturated carbocycles. The fourth-order valence-electron chi connectivity index (χ4n) is 4.80. The van der Waals surface area contributed by atoms with E-state index in [1.165, 1.54) is 16.7 Å². The van der Waals surface area contributed by atoms with E-state index in [-0.39, 0.29) is 11.9 Å². The van der Waals surface area contributed by atoms with E-state index in [1.54, 1.807) is 0 Å². The van der Waals surface area contributed by atoms with Crippen molar-refractivity contribution in [2.24, 2.45) is 0 Å². The molecule has 4 rings (SSSR count). The Morgan fingerprint density at radius 2 is 1.65 bits per heavy atom. The minimum Gasteiger partial charge on any atom is -0.381 e. The molecule has 5 nitrogen and oxygen atoms in total. The van der Waals surface area contributed by atoms with Gasteiger partial charge < -0.3 is 14.8 Å². The molecule has 2 aromatic rings. The van der Waals surface area contributed by atoms with Crippen molar-refractivity contribution < 1.29 is 14.3 Å². The first-order valence-corrected chi connectivity index (χ1v) is 11.4. The number of carbonyl (C=O) groups excluding carboxylic acids is 1. The highest BCUT2D eigenvalue weighted by atomic mass is 16.5. The molecule has 0 aliphatic carbocycles. The molecule has 0 bridgehead atoms. The van der Waals surface area contributed by atoms with Crippen LogP contribution in [0, 0.1) is 13.8 Å². The van der Waals surface area contributed by atoms with Gasteiger partial charge in [0.05, 0.1) is 24.7 Å². The van der Waals surface area contributed by atoms with Crippen LogP contribution in [0.2, 0.25) is 0 Å². The number of benzene rings is 2. The van der Waals surface area contributed by atoms with Gasteiger partial charge in [0, 0.05) is 32.8 Å². The van der Waals surface area contributed by atoms with Crippen molar-refractivity contribution in [3.63, 3.8) is 0 Å². The lowest BCUT2D eigenvalue weighted by atomic mass is 9.73. The van der Waals surface area contributed by atoms with E-state index in [2.05, 4.69) is 72.6 Å². The standard InChI is InChI=1S/C26H34N2O3/c1-20-6-8-22(9-7-20)24(28-12-16-31-17-13-28)19-27-25(29)26(10-14-30-15-11-26)23-5-3-4-21(2)18-23/h3-9,18,24H,10-17,19H2,1-2H3,(H,27,29)/t24-/m1/s1. The summed E-state index contributed by atoms with van der Waals surface area (Å²) >= 11 is 0. The summed E-state index contributed by atoms with van der Waals surface area (Å²) in [5, 5.41) is 3.34. The smallest absolute Gasteiger partial charge is 0.230 e. The van der Waals surface area contributed by atoms with Crippen LogP contribution >= 0.6 is 0 Å². The van der Waals surface area contributed by atoms with Gasteiger partial charge in [-0.3, -0.25) is 9.69 Å². The number of hydrogen-bond donors (Lipinski definition) is 1. The van der Waals surface area contributed by atoms with Gasteiger partial charge in [0.25, 0.3) is 0 Å². The molecule has 2 saturated heterocycles. The number of hydrogen-bond acceptors (Lipinski definition) is 4. The zero-order valence-electron chi connectivity index (χ0n) is 18.7. The van der Waals surface area contributed by atoms with Crippen LogP contribution in [0.4, 0.5) is 0 Å². The molecule has 1 N–H and O–H groups in total. The van der Waals surface area contributed by atoms with E-state index in [0.29, 0.717) is 19.8 Å². The third-order valence-electron chi connectivity index (χ3n) is 6.76. The fraction of sp³-hybridized carbons (Fsp3) is 0.500. The van der Waals surface area contributed by atoms with Gasteiger partial charge in [-0.2, -0.15) is 0 Å². The van der Waals surface area contributed by atoms with Gasteiger partial charge in [-0.15, -0.1) is 0 Å². The monoisotopic (exact) mass is 422 g/mol. The molecule has 1 amide bonds. The summed E-state index contributed by atoms with van der Waals surface area (Å²) in [7, 11) is 0. The zero-order valence-corrected chi connectivity index (χ0v) is 18.7. The maximum atomic E-state index is 13.7. The Morgan fingerprint density at radius 3 is 2.32 bits per heavy atom. The van der Waals surface area contributed by atoms with Gasteiger partial charge >= 0.3 is 0 Å². The molecule has 0 spiro atoms. The van der Waals surface area contributed by atoms with Crippen molar-refractivity contribution >= 4 is 5.91 Å². The Bertz CT molecular complexity index is 868. The molecular weight excluding hydrogens is 388 g/mol. The van der Waals surface area contributed by atoms with Gasteiger partial charge in [-0.25, -0.2) is 0 Å². The number of morpholine rings is 1. The van der Waals surface area contributed by atoms with Gasteiger partial charge in [0.1, 0.15) is 0 Å². The molecule has 2 fully saturated rings. The number of nitrogens with one attached hydrogen (secondary N) is 1. The lowest BCUT2D eigenvalue weighted by molar-refractivity contribution is -0.130.